The average Bonchev–Trinajstić information content (AvgIpc) is 3.22. The summed E-state index contributed by atoms with van der Waals surface area (Å²) in [6.45, 7) is 0.846. The molecule has 0 radical (unpaired) electrons. The fourth-order valence-electron chi connectivity index (χ4n) is 2.13. The largest absolute Gasteiger partial charge is 0.478 e. The van der Waals surface area contributed by atoms with Gasteiger partial charge in [0, 0.05) is 18.2 Å². The Balaban J connectivity index is 2.55. The van der Waals surface area contributed by atoms with Crippen molar-refractivity contribution in [3.8, 4) is 0 Å². The highest BCUT2D eigenvalue weighted by molar-refractivity contribution is 7.89. The van der Waals surface area contributed by atoms with Crippen LogP contribution in [0.3, 0.4) is 0 Å². The maximum Gasteiger partial charge on any atom is 0.335 e. The van der Waals surface area contributed by atoms with Crippen LogP contribution >= 0.6 is 0 Å². The number of rotatable bonds is 6. The van der Waals surface area contributed by atoms with Gasteiger partial charge in [-0.3, -0.25) is 0 Å². The van der Waals surface area contributed by atoms with Crippen LogP contribution in [-0.2, 0) is 10.0 Å². The van der Waals surface area contributed by atoms with Gasteiger partial charge in [0.25, 0.3) is 0 Å². The summed E-state index contributed by atoms with van der Waals surface area (Å²) in [7, 11) is -4.04. The summed E-state index contributed by atoms with van der Waals surface area (Å²) in [6, 6.07) is 1.55. The topological polar surface area (TPSA) is 94.9 Å². The Morgan fingerprint density at radius 3 is 2.52 bits per heavy atom. The highest BCUT2D eigenvalue weighted by Gasteiger charge is 2.38. The maximum absolute atomic E-state index is 13.8. The number of benzene rings is 1. The lowest BCUT2D eigenvalue weighted by Crippen LogP contribution is -2.36. The van der Waals surface area contributed by atoms with E-state index in [0.717, 1.165) is 16.4 Å². The molecule has 0 amide bonds. The van der Waals surface area contributed by atoms with Gasteiger partial charge in [-0.15, -0.1) is 0 Å². The van der Waals surface area contributed by atoms with Crippen LogP contribution < -0.4 is 0 Å². The summed E-state index contributed by atoms with van der Waals surface area (Å²) in [4.78, 5) is 10.6. The summed E-state index contributed by atoms with van der Waals surface area (Å²) in [6.07, 6.45) is 1.36. The minimum absolute atomic E-state index is 0.0919. The van der Waals surface area contributed by atoms with Crippen LogP contribution in [0.15, 0.2) is 17.0 Å². The normalized spacial score (nSPS) is 15.4. The van der Waals surface area contributed by atoms with Gasteiger partial charge in [-0.1, -0.05) is 0 Å². The van der Waals surface area contributed by atoms with E-state index in [1.165, 1.54) is 6.92 Å². The van der Waals surface area contributed by atoms with Gasteiger partial charge in [0.1, 0.15) is 5.82 Å². The molecule has 8 heteroatoms. The summed E-state index contributed by atoms with van der Waals surface area (Å²) >= 11 is 0. The number of carbonyl (C=O) groups is 1. The summed E-state index contributed by atoms with van der Waals surface area (Å²) in [5.74, 6) is -2.28. The molecular formula is C13H16FNO5S. The van der Waals surface area contributed by atoms with E-state index in [0.29, 0.717) is 12.8 Å². The molecule has 6 nitrogen and oxygen atoms in total. The van der Waals surface area contributed by atoms with Crippen LogP contribution in [0.5, 0.6) is 0 Å². The molecular weight excluding hydrogens is 301 g/mol. The van der Waals surface area contributed by atoms with Crippen LogP contribution in [0, 0.1) is 12.7 Å². The molecule has 1 saturated carbocycles. The Bertz CT molecular complexity index is 669. The number of aliphatic hydroxyl groups is 1. The quantitative estimate of drug-likeness (QED) is 0.815. The van der Waals surface area contributed by atoms with E-state index >= 15 is 0 Å². The molecule has 0 saturated heterocycles. The van der Waals surface area contributed by atoms with Crippen molar-refractivity contribution in [3.63, 3.8) is 0 Å². The molecule has 21 heavy (non-hydrogen) atoms. The smallest absolute Gasteiger partial charge is 0.335 e. The number of hydrogen-bond donors (Lipinski definition) is 2. The van der Waals surface area contributed by atoms with Gasteiger partial charge < -0.3 is 10.2 Å². The molecule has 2 rings (SSSR count). The van der Waals surface area contributed by atoms with Crippen LogP contribution in [-0.4, -0.2) is 48.1 Å². The fraction of sp³-hybridized carbons (Fsp3) is 0.462. The third-order valence-electron chi connectivity index (χ3n) is 3.40. The van der Waals surface area contributed by atoms with Crippen LogP contribution in [0.1, 0.15) is 28.8 Å². The number of nitrogens with zero attached hydrogens (tertiary/aromatic N) is 1. The molecule has 1 aliphatic carbocycles. The molecule has 0 heterocycles. The molecule has 1 fully saturated rings. The summed E-state index contributed by atoms with van der Waals surface area (Å²) in [5, 5.41) is 18.0. The molecule has 0 bridgehead atoms. The van der Waals surface area contributed by atoms with Gasteiger partial charge in [0.2, 0.25) is 10.0 Å². The minimum atomic E-state index is -4.04. The van der Waals surface area contributed by atoms with E-state index in [4.69, 9.17) is 10.2 Å². The number of sulfonamides is 1. The van der Waals surface area contributed by atoms with E-state index in [9.17, 15) is 17.6 Å². The second-order valence-corrected chi connectivity index (χ2v) is 6.82. The monoisotopic (exact) mass is 317 g/mol. The summed E-state index contributed by atoms with van der Waals surface area (Å²) in [5.41, 5.74) is -0.542. The van der Waals surface area contributed by atoms with Crippen molar-refractivity contribution < 1.29 is 27.8 Å². The Morgan fingerprint density at radius 2 is 2.05 bits per heavy atom. The van der Waals surface area contributed by atoms with Crippen LogP contribution in [0.2, 0.25) is 0 Å². The molecule has 1 aromatic rings. The third kappa shape index (κ3) is 3.07. The van der Waals surface area contributed by atoms with Gasteiger partial charge in [0.05, 0.1) is 17.1 Å². The number of hydrogen-bond acceptors (Lipinski definition) is 4. The van der Waals surface area contributed by atoms with Crippen molar-refractivity contribution in [1.29, 1.82) is 0 Å². The second kappa shape index (κ2) is 5.70. The van der Waals surface area contributed by atoms with E-state index in [2.05, 4.69) is 0 Å². The number of carboxylic acids is 1. The van der Waals surface area contributed by atoms with Crippen LogP contribution in [0.4, 0.5) is 4.39 Å². The predicted molar refractivity (Wildman–Crippen MR) is 72.1 cm³/mol. The Hall–Kier alpha value is -1.51. The number of halogens is 1. The lowest BCUT2D eigenvalue weighted by atomic mass is 10.1. The highest BCUT2D eigenvalue weighted by Crippen LogP contribution is 2.33. The predicted octanol–water partition coefficient (Wildman–Crippen LogP) is 0.978. The first-order chi connectivity index (χ1) is 9.78. The van der Waals surface area contributed by atoms with Crippen LogP contribution in [0.25, 0.3) is 0 Å². The SMILES string of the molecule is Cc1c(F)cc(C(=O)O)cc1S(=O)(=O)N(CCO)C1CC1. The third-order valence-corrected chi connectivity index (χ3v) is 5.48. The lowest BCUT2D eigenvalue weighted by molar-refractivity contribution is 0.0696. The lowest BCUT2D eigenvalue weighted by Gasteiger charge is -2.22. The Morgan fingerprint density at radius 1 is 1.43 bits per heavy atom. The zero-order valence-electron chi connectivity index (χ0n) is 11.4. The molecule has 0 atom stereocenters. The van der Waals surface area contributed by atoms with Crippen molar-refractivity contribution >= 4 is 16.0 Å². The molecule has 0 aromatic heterocycles. The minimum Gasteiger partial charge on any atom is -0.478 e. The fourth-order valence-corrected chi connectivity index (χ4v) is 4.07. The first-order valence-corrected chi connectivity index (χ1v) is 7.89. The van der Waals surface area contributed by atoms with E-state index in [-0.39, 0.29) is 29.7 Å². The van der Waals surface area contributed by atoms with Gasteiger partial charge in [-0.2, -0.15) is 4.31 Å². The molecule has 0 spiro atoms. The van der Waals surface area contributed by atoms with Crippen molar-refractivity contribution in [2.75, 3.05) is 13.2 Å². The van der Waals surface area contributed by atoms with E-state index in [1.54, 1.807) is 0 Å². The van der Waals surface area contributed by atoms with E-state index in [1.807, 2.05) is 0 Å². The zero-order valence-corrected chi connectivity index (χ0v) is 12.2. The highest BCUT2D eigenvalue weighted by atomic mass is 32.2. The maximum atomic E-state index is 13.8. The van der Waals surface area contributed by atoms with Gasteiger partial charge in [0.15, 0.2) is 0 Å². The van der Waals surface area contributed by atoms with E-state index < -0.39 is 27.4 Å². The van der Waals surface area contributed by atoms with Gasteiger partial charge in [-0.05, 0) is 31.9 Å². The molecule has 116 valence electrons. The average molecular weight is 317 g/mol. The van der Waals surface area contributed by atoms with Gasteiger partial charge >= 0.3 is 5.97 Å². The molecule has 1 aliphatic rings. The molecule has 0 unspecified atom stereocenters. The Kier molecular flexibility index (Phi) is 4.31. The number of aromatic carboxylic acids is 1. The standard InChI is InChI=1S/C13H16FNO5S/c1-8-11(14)6-9(13(17)18)7-12(8)21(19,20)15(4-5-16)10-2-3-10/h6-7,10,16H,2-5H2,1H3,(H,17,18). The molecule has 1 aromatic carbocycles. The Labute approximate surface area is 121 Å². The van der Waals surface area contributed by atoms with Crippen molar-refractivity contribution in [2.45, 2.75) is 30.7 Å². The molecule has 2 N–H and O–H groups in total. The number of carboxylic acid groups (broad SMARTS) is 1. The first kappa shape index (κ1) is 15.9. The van der Waals surface area contributed by atoms with Crippen molar-refractivity contribution in [1.82, 2.24) is 4.31 Å². The van der Waals surface area contributed by atoms with Crippen molar-refractivity contribution in [2.24, 2.45) is 0 Å². The number of aliphatic hydroxyl groups excluding tert-OH is 1. The second-order valence-electron chi connectivity index (χ2n) is 4.96. The van der Waals surface area contributed by atoms with Crippen molar-refractivity contribution in [3.05, 3.63) is 29.1 Å². The molecule has 0 aliphatic heterocycles. The first-order valence-electron chi connectivity index (χ1n) is 6.45. The van der Waals surface area contributed by atoms with Gasteiger partial charge in [-0.25, -0.2) is 17.6 Å². The zero-order chi connectivity index (χ0) is 15.8. The summed E-state index contributed by atoms with van der Waals surface area (Å²) < 4.78 is 40.1.